The number of hydrogen-bond acceptors (Lipinski definition) is 2. The summed E-state index contributed by atoms with van der Waals surface area (Å²) < 4.78 is 1.99. The van der Waals surface area contributed by atoms with Crippen LogP contribution >= 0.6 is 31.9 Å². The number of benzene rings is 1. The zero-order valence-corrected chi connectivity index (χ0v) is 12.5. The fraction of sp³-hybridized carbons (Fsp3) is 0.154. The van der Waals surface area contributed by atoms with Crippen molar-refractivity contribution in [2.45, 2.75) is 13.5 Å². The van der Waals surface area contributed by atoms with Gasteiger partial charge in [-0.3, -0.25) is 0 Å². The van der Waals surface area contributed by atoms with Crippen molar-refractivity contribution in [3.8, 4) is 0 Å². The summed E-state index contributed by atoms with van der Waals surface area (Å²) in [5, 5.41) is 3.34. The van der Waals surface area contributed by atoms with E-state index in [1.165, 1.54) is 11.1 Å². The van der Waals surface area contributed by atoms with Gasteiger partial charge in [0.25, 0.3) is 0 Å². The van der Waals surface area contributed by atoms with Crippen LogP contribution in [0.3, 0.4) is 0 Å². The van der Waals surface area contributed by atoms with Crippen LogP contribution in [0.25, 0.3) is 0 Å². The van der Waals surface area contributed by atoms with Crippen LogP contribution in [0.2, 0.25) is 0 Å². The number of pyridine rings is 1. The predicted molar refractivity (Wildman–Crippen MR) is 78.1 cm³/mol. The Morgan fingerprint density at radius 2 is 2.00 bits per heavy atom. The van der Waals surface area contributed by atoms with Crippen molar-refractivity contribution in [3.63, 3.8) is 0 Å². The van der Waals surface area contributed by atoms with Gasteiger partial charge >= 0.3 is 0 Å². The van der Waals surface area contributed by atoms with Crippen molar-refractivity contribution >= 4 is 37.5 Å². The second kappa shape index (κ2) is 5.65. The van der Waals surface area contributed by atoms with E-state index in [1.807, 2.05) is 18.3 Å². The molecule has 0 saturated heterocycles. The van der Waals surface area contributed by atoms with Crippen LogP contribution in [-0.2, 0) is 6.54 Å². The van der Waals surface area contributed by atoms with Gasteiger partial charge in [-0.05, 0) is 52.2 Å². The molecule has 2 rings (SSSR count). The first kappa shape index (κ1) is 12.6. The third kappa shape index (κ3) is 3.54. The molecule has 0 saturated carbocycles. The predicted octanol–water partition coefficient (Wildman–Crippen LogP) is 4.53. The smallest absolute Gasteiger partial charge is 0.106 e. The van der Waals surface area contributed by atoms with Gasteiger partial charge in [-0.2, -0.15) is 0 Å². The average Bonchev–Trinajstić information content (AvgIpc) is 2.33. The van der Waals surface area contributed by atoms with Crippen molar-refractivity contribution in [2.75, 3.05) is 5.32 Å². The molecule has 0 atom stereocenters. The number of hydrogen-bond donors (Lipinski definition) is 1. The highest BCUT2D eigenvalue weighted by molar-refractivity contribution is 9.10. The van der Waals surface area contributed by atoms with E-state index in [9.17, 15) is 0 Å². The molecule has 2 aromatic rings. The Bertz CT molecular complexity index is 509. The Labute approximate surface area is 118 Å². The molecule has 0 fully saturated rings. The SMILES string of the molecule is Cc1cc(CNc2ccc(Br)nc2)ccc1Br. The largest absolute Gasteiger partial charge is 0.380 e. The fourth-order valence-corrected chi connectivity index (χ4v) is 1.98. The summed E-state index contributed by atoms with van der Waals surface area (Å²) in [5.41, 5.74) is 3.53. The van der Waals surface area contributed by atoms with Crippen molar-refractivity contribution in [1.29, 1.82) is 0 Å². The Morgan fingerprint density at radius 1 is 1.18 bits per heavy atom. The highest BCUT2D eigenvalue weighted by Crippen LogP contribution is 2.18. The average molecular weight is 356 g/mol. The quantitative estimate of drug-likeness (QED) is 0.818. The highest BCUT2D eigenvalue weighted by atomic mass is 79.9. The van der Waals surface area contributed by atoms with Crippen molar-refractivity contribution in [2.24, 2.45) is 0 Å². The zero-order valence-electron chi connectivity index (χ0n) is 9.37. The maximum atomic E-state index is 4.17. The summed E-state index contributed by atoms with van der Waals surface area (Å²) in [4.78, 5) is 4.17. The fourth-order valence-electron chi connectivity index (χ4n) is 1.50. The van der Waals surface area contributed by atoms with Crippen LogP contribution in [0.4, 0.5) is 5.69 Å². The van der Waals surface area contributed by atoms with E-state index in [0.29, 0.717) is 0 Å². The minimum atomic E-state index is 0.803. The molecule has 0 spiro atoms. The first-order valence-corrected chi connectivity index (χ1v) is 6.84. The molecule has 0 bridgehead atoms. The lowest BCUT2D eigenvalue weighted by Gasteiger charge is -2.07. The summed E-state index contributed by atoms with van der Waals surface area (Å²) in [5.74, 6) is 0. The van der Waals surface area contributed by atoms with Crippen molar-refractivity contribution in [3.05, 3.63) is 56.7 Å². The highest BCUT2D eigenvalue weighted by Gasteiger charge is 1.98. The van der Waals surface area contributed by atoms with Crippen LogP contribution in [0.1, 0.15) is 11.1 Å². The molecule has 17 heavy (non-hydrogen) atoms. The molecular formula is C13H12Br2N2. The lowest BCUT2D eigenvalue weighted by molar-refractivity contribution is 1.12. The van der Waals surface area contributed by atoms with Gasteiger partial charge in [0.15, 0.2) is 0 Å². The van der Waals surface area contributed by atoms with Gasteiger partial charge in [0.1, 0.15) is 4.60 Å². The monoisotopic (exact) mass is 354 g/mol. The second-order valence-electron chi connectivity index (χ2n) is 3.81. The van der Waals surface area contributed by atoms with E-state index in [1.54, 1.807) is 0 Å². The number of nitrogens with one attached hydrogen (secondary N) is 1. The zero-order chi connectivity index (χ0) is 12.3. The number of anilines is 1. The van der Waals surface area contributed by atoms with E-state index in [4.69, 9.17) is 0 Å². The van der Waals surface area contributed by atoms with Gasteiger partial charge in [-0.15, -0.1) is 0 Å². The molecule has 4 heteroatoms. The van der Waals surface area contributed by atoms with Gasteiger partial charge in [-0.25, -0.2) is 4.98 Å². The summed E-state index contributed by atoms with van der Waals surface area (Å²) in [6.07, 6.45) is 1.82. The standard InChI is InChI=1S/C13H12Br2N2/c1-9-6-10(2-4-12(9)14)7-16-11-3-5-13(15)17-8-11/h2-6,8,16H,7H2,1H3. The van der Waals surface area contributed by atoms with Gasteiger partial charge in [-0.1, -0.05) is 28.1 Å². The molecule has 0 aliphatic rings. The molecule has 1 N–H and O–H groups in total. The molecule has 1 heterocycles. The minimum Gasteiger partial charge on any atom is -0.380 e. The maximum Gasteiger partial charge on any atom is 0.106 e. The molecule has 1 aromatic heterocycles. The number of rotatable bonds is 3. The van der Waals surface area contributed by atoms with Gasteiger partial charge in [0.05, 0.1) is 11.9 Å². The molecular weight excluding hydrogens is 344 g/mol. The third-order valence-electron chi connectivity index (χ3n) is 2.45. The van der Waals surface area contributed by atoms with Gasteiger partial charge in [0, 0.05) is 11.0 Å². The first-order chi connectivity index (χ1) is 8.15. The van der Waals surface area contributed by atoms with E-state index in [-0.39, 0.29) is 0 Å². The molecule has 0 radical (unpaired) electrons. The number of nitrogens with zero attached hydrogens (tertiary/aromatic N) is 1. The number of halogens is 2. The maximum absolute atomic E-state index is 4.17. The Morgan fingerprint density at radius 3 is 2.65 bits per heavy atom. The summed E-state index contributed by atoms with van der Waals surface area (Å²) >= 11 is 6.81. The molecule has 2 nitrogen and oxygen atoms in total. The molecule has 0 aliphatic carbocycles. The summed E-state index contributed by atoms with van der Waals surface area (Å²) in [6.45, 7) is 2.90. The molecule has 1 aromatic carbocycles. The van der Waals surface area contributed by atoms with Crippen LogP contribution in [0.15, 0.2) is 45.6 Å². The van der Waals surface area contributed by atoms with E-state index in [2.05, 4.69) is 67.3 Å². The van der Waals surface area contributed by atoms with Crippen molar-refractivity contribution in [1.82, 2.24) is 4.98 Å². The minimum absolute atomic E-state index is 0.803. The van der Waals surface area contributed by atoms with E-state index < -0.39 is 0 Å². The van der Waals surface area contributed by atoms with E-state index in [0.717, 1.165) is 21.3 Å². The second-order valence-corrected chi connectivity index (χ2v) is 5.47. The lowest BCUT2D eigenvalue weighted by atomic mass is 10.1. The number of aryl methyl sites for hydroxylation is 1. The van der Waals surface area contributed by atoms with Crippen LogP contribution in [-0.4, -0.2) is 4.98 Å². The van der Waals surface area contributed by atoms with Crippen LogP contribution < -0.4 is 5.32 Å². The first-order valence-electron chi connectivity index (χ1n) is 5.25. The topological polar surface area (TPSA) is 24.9 Å². The molecule has 88 valence electrons. The van der Waals surface area contributed by atoms with Gasteiger partial charge < -0.3 is 5.32 Å². The third-order valence-corrected chi connectivity index (χ3v) is 3.81. The van der Waals surface area contributed by atoms with Crippen LogP contribution in [0.5, 0.6) is 0 Å². The Balaban J connectivity index is 2.02. The Hall–Kier alpha value is -0.870. The van der Waals surface area contributed by atoms with E-state index >= 15 is 0 Å². The molecule has 0 aliphatic heterocycles. The number of aromatic nitrogens is 1. The molecule has 0 unspecified atom stereocenters. The Kier molecular flexibility index (Phi) is 4.18. The van der Waals surface area contributed by atoms with Crippen molar-refractivity contribution < 1.29 is 0 Å². The lowest BCUT2D eigenvalue weighted by Crippen LogP contribution is -2.00. The summed E-state index contributed by atoms with van der Waals surface area (Å²) in [6, 6.07) is 10.3. The van der Waals surface area contributed by atoms with Crippen LogP contribution in [0, 0.1) is 6.92 Å². The normalized spacial score (nSPS) is 10.3. The van der Waals surface area contributed by atoms with Gasteiger partial charge in [0.2, 0.25) is 0 Å². The summed E-state index contributed by atoms with van der Waals surface area (Å²) in [7, 11) is 0. The molecule has 0 amide bonds.